The molecule has 3 aromatic rings. The number of carbonyl (C=O) groups is 1. The Morgan fingerprint density at radius 2 is 1.90 bits per heavy atom. The van der Waals surface area contributed by atoms with Crippen LogP contribution in [0.4, 0.5) is 0 Å². The summed E-state index contributed by atoms with van der Waals surface area (Å²) in [7, 11) is 0. The fourth-order valence-electron chi connectivity index (χ4n) is 3.00. The van der Waals surface area contributed by atoms with Crippen LogP contribution in [0.5, 0.6) is 5.75 Å². The van der Waals surface area contributed by atoms with Gasteiger partial charge < -0.3 is 19.0 Å². The molecule has 0 spiro atoms. The third-order valence-electron chi connectivity index (χ3n) is 4.68. The number of nitrogens with zero attached hydrogens (tertiary/aromatic N) is 1. The molecule has 0 unspecified atom stereocenters. The van der Waals surface area contributed by atoms with Gasteiger partial charge in [-0.15, -0.1) is 0 Å². The lowest BCUT2D eigenvalue weighted by Gasteiger charge is -2.09. The Morgan fingerprint density at radius 3 is 2.57 bits per heavy atom. The largest absolute Gasteiger partial charge is 0.487 e. The van der Waals surface area contributed by atoms with Gasteiger partial charge in [-0.1, -0.05) is 24.3 Å². The predicted octanol–water partition coefficient (Wildman–Crippen LogP) is 5.31. The molecule has 0 radical (unpaired) electrons. The highest BCUT2D eigenvalue weighted by Crippen LogP contribution is 2.26. The Hall–Kier alpha value is -3.54. The minimum atomic E-state index is -1.09. The number of benzene rings is 2. The molecular weight excluding hydrogens is 382 g/mol. The summed E-state index contributed by atoms with van der Waals surface area (Å²) in [6.45, 7) is 8.09. The second-order valence-corrected chi connectivity index (χ2v) is 6.89. The third-order valence-corrected chi connectivity index (χ3v) is 4.68. The first-order chi connectivity index (χ1) is 14.4. The van der Waals surface area contributed by atoms with Crippen LogP contribution in [0, 0.1) is 20.8 Å². The maximum Gasteiger partial charge on any atom is 0.371 e. The summed E-state index contributed by atoms with van der Waals surface area (Å²) in [5.41, 5.74) is 4.43. The first-order valence-electron chi connectivity index (χ1n) is 9.72. The third kappa shape index (κ3) is 4.89. The van der Waals surface area contributed by atoms with E-state index in [9.17, 15) is 9.90 Å². The second-order valence-electron chi connectivity index (χ2n) is 6.89. The summed E-state index contributed by atoms with van der Waals surface area (Å²) in [5.74, 6) is 0.780. The van der Waals surface area contributed by atoms with Crippen molar-refractivity contribution in [1.82, 2.24) is 4.98 Å². The van der Waals surface area contributed by atoms with Gasteiger partial charge in [-0.2, -0.15) is 0 Å². The number of oxazole rings is 1. The number of ether oxygens (including phenoxy) is 2. The molecule has 0 amide bonds. The van der Waals surface area contributed by atoms with E-state index in [1.54, 1.807) is 19.1 Å². The van der Waals surface area contributed by atoms with Crippen molar-refractivity contribution in [2.24, 2.45) is 0 Å². The van der Waals surface area contributed by atoms with Crippen molar-refractivity contribution < 1.29 is 23.8 Å². The minimum Gasteiger partial charge on any atom is -0.487 e. The highest BCUT2D eigenvalue weighted by Gasteiger charge is 2.14. The van der Waals surface area contributed by atoms with Crippen LogP contribution in [-0.4, -0.2) is 22.7 Å². The lowest BCUT2D eigenvalue weighted by molar-refractivity contribution is -0.136. The van der Waals surface area contributed by atoms with Gasteiger partial charge in [0.1, 0.15) is 23.8 Å². The van der Waals surface area contributed by atoms with Gasteiger partial charge in [0, 0.05) is 5.56 Å². The Morgan fingerprint density at radius 1 is 1.13 bits per heavy atom. The van der Waals surface area contributed by atoms with Crippen LogP contribution in [0.25, 0.3) is 17.5 Å². The summed E-state index contributed by atoms with van der Waals surface area (Å²) in [6, 6.07) is 13.4. The first-order valence-corrected chi connectivity index (χ1v) is 9.72. The number of carboxylic acids is 1. The average molecular weight is 407 g/mol. The molecule has 1 heterocycles. The molecule has 6 heteroatoms. The van der Waals surface area contributed by atoms with Crippen molar-refractivity contribution in [3.05, 3.63) is 76.4 Å². The Balaban J connectivity index is 1.74. The highest BCUT2D eigenvalue weighted by atomic mass is 16.5. The van der Waals surface area contributed by atoms with Crippen LogP contribution in [0.3, 0.4) is 0 Å². The molecule has 6 nitrogen and oxygen atoms in total. The SMILES string of the molecule is CCO/C(=C\c1ccc(OCc2nc(-c3ccccc3C)oc2C)cc1C)C(=O)O. The van der Waals surface area contributed by atoms with Crippen molar-refractivity contribution in [3.63, 3.8) is 0 Å². The molecule has 1 N–H and O–H groups in total. The van der Waals surface area contributed by atoms with Crippen LogP contribution in [0.1, 0.15) is 35.1 Å². The number of aryl methyl sites for hydroxylation is 3. The van der Waals surface area contributed by atoms with Gasteiger partial charge in [0.2, 0.25) is 11.6 Å². The zero-order valence-corrected chi connectivity index (χ0v) is 17.6. The van der Waals surface area contributed by atoms with E-state index in [0.29, 0.717) is 24.0 Å². The number of aliphatic carboxylic acids is 1. The zero-order valence-electron chi connectivity index (χ0n) is 17.6. The van der Waals surface area contributed by atoms with Gasteiger partial charge in [-0.25, -0.2) is 9.78 Å². The van der Waals surface area contributed by atoms with Crippen LogP contribution < -0.4 is 4.74 Å². The summed E-state index contributed by atoms with van der Waals surface area (Å²) in [6.07, 6.45) is 1.52. The fraction of sp³-hybridized carbons (Fsp3) is 0.250. The van der Waals surface area contributed by atoms with E-state index >= 15 is 0 Å². The number of carboxylic acid groups (broad SMARTS) is 1. The summed E-state index contributed by atoms with van der Waals surface area (Å²) < 4.78 is 16.9. The normalized spacial score (nSPS) is 11.4. The van der Waals surface area contributed by atoms with Gasteiger partial charge >= 0.3 is 5.97 Å². The number of aromatic nitrogens is 1. The van der Waals surface area contributed by atoms with Gasteiger partial charge in [0.25, 0.3) is 0 Å². The molecule has 2 aromatic carbocycles. The molecule has 0 saturated heterocycles. The quantitative estimate of drug-likeness (QED) is 0.403. The van der Waals surface area contributed by atoms with Crippen LogP contribution >= 0.6 is 0 Å². The van der Waals surface area contributed by atoms with E-state index in [4.69, 9.17) is 13.9 Å². The maximum atomic E-state index is 11.3. The molecule has 30 heavy (non-hydrogen) atoms. The first kappa shape index (κ1) is 21.2. The monoisotopic (exact) mass is 407 g/mol. The topological polar surface area (TPSA) is 81.8 Å². The Bertz CT molecular complexity index is 1080. The molecule has 0 aliphatic carbocycles. The van der Waals surface area contributed by atoms with Crippen molar-refractivity contribution in [1.29, 1.82) is 0 Å². The Kier molecular flexibility index (Phi) is 6.57. The Labute approximate surface area is 175 Å². The molecule has 0 aliphatic heterocycles. The van der Waals surface area contributed by atoms with Crippen molar-refractivity contribution in [2.75, 3.05) is 6.61 Å². The fourth-order valence-corrected chi connectivity index (χ4v) is 3.00. The second kappa shape index (κ2) is 9.31. The van der Waals surface area contributed by atoms with Gasteiger partial charge in [-0.3, -0.25) is 0 Å². The zero-order chi connectivity index (χ0) is 21.7. The van der Waals surface area contributed by atoms with E-state index in [1.807, 2.05) is 51.1 Å². The maximum absolute atomic E-state index is 11.3. The predicted molar refractivity (Wildman–Crippen MR) is 114 cm³/mol. The van der Waals surface area contributed by atoms with E-state index in [2.05, 4.69) is 4.98 Å². The standard InChI is InChI=1S/C24H25NO5/c1-5-28-22(24(26)27)13-18-10-11-19(12-16(18)3)29-14-21-17(4)30-23(25-21)20-9-7-6-8-15(20)2/h6-13H,5,14H2,1-4H3,(H,26,27)/b22-13-. The summed E-state index contributed by atoms with van der Waals surface area (Å²) in [5, 5.41) is 9.22. The molecule has 0 fully saturated rings. The molecule has 3 rings (SSSR count). The lowest BCUT2D eigenvalue weighted by atomic mass is 10.1. The van der Waals surface area contributed by atoms with E-state index < -0.39 is 5.97 Å². The number of hydrogen-bond donors (Lipinski definition) is 1. The van der Waals surface area contributed by atoms with Gasteiger partial charge in [0.05, 0.1) is 6.61 Å². The van der Waals surface area contributed by atoms with Crippen LogP contribution in [0.2, 0.25) is 0 Å². The smallest absolute Gasteiger partial charge is 0.371 e. The lowest BCUT2D eigenvalue weighted by Crippen LogP contribution is -2.05. The molecule has 0 saturated carbocycles. The van der Waals surface area contributed by atoms with Crippen LogP contribution in [0.15, 0.2) is 52.6 Å². The molecule has 0 aliphatic rings. The molecule has 0 atom stereocenters. The molecule has 0 bridgehead atoms. The van der Waals surface area contributed by atoms with Crippen LogP contribution in [-0.2, 0) is 16.1 Å². The van der Waals surface area contributed by atoms with Gasteiger partial charge in [-0.05, 0) is 68.7 Å². The number of hydrogen-bond acceptors (Lipinski definition) is 5. The average Bonchev–Trinajstić information content (AvgIpc) is 3.08. The van der Waals surface area contributed by atoms with E-state index in [0.717, 1.165) is 27.9 Å². The number of rotatable bonds is 8. The van der Waals surface area contributed by atoms with E-state index in [-0.39, 0.29) is 12.4 Å². The van der Waals surface area contributed by atoms with Crippen molar-refractivity contribution >= 4 is 12.0 Å². The van der Waals surface area contributed by atoms with Gasteiger partial charge in [0.15, 0.2) is 0 Å². The van der Waals surface area contributed by atoms with E-state index in [1.165, 1.54) is 6.08 Å². The minimum absolute atomic E-state index is 0.0868. The summed E-state index contributed by atoms with van der Waals surface area (Å²) >= 11 is 0. The molecule has 156 valence electrons. The van der Waals surface area contributed by atoms with Crippen molar-refractivity contribution in [3.8, 4) is 17.2 Å². The molecular formula is C24H25NO5. The molecule has 1 aromatic heterocycles. The summed E-state index contributed by atoms with van der Waals surface area (Å²) in [4.78, 5) is 15.8. The van der Waals surface area contributed by atoms with Crippen molar-refractivity contribution in [2.45, 2.75) is 34.3 Å². The highest BCUT2D eigenvalue weighted by molar-refractivity contribution is 5.90.